The molecule has 0 heterocycles. The van der Waals surface area contributed by atoms with E-state index in [0.717, 1.165) is 25.7 Å². The molecule has 0 spiro atoms. The number of allylic oxidation sites excluding steroid dienone is 2. The molecule has 11 atom stereocenters. The summed E-state index contributed by atoms with van der Waals surface area (Å²) in [6.45, 7) is 10.6. The topological polar surface area (TPSA) is 124 Å². The molecule has 0 radical (unpaired) electrons. The second-order valence-corrected chi connectivity index (χ2v) is 14.9. The summed E-state index contributed by atoms with van der Waals surface area (Å²) in [6, 6.07) is 0. The molecule has 214 valence electrons. The first-order chi connectivity index (χ1) is 17.6. The highest BCUT2D eigenvalue weighted by Crippen LogP contribution is 2.75. The molecule has 0 aliphatic heterocycles. The van der Waals surface area contributed by atoms with Gasteiger partial charge in [0.25, 0.3) is 0 Å². The first-order valence-electron chi connectivity index (χ1n) is 14.6. The van der Waals surface area contributed by atoms with E-state index < -0.39 is 34.4 Å². The maximum absolute atomic E-state index is 12.9. The van der Waals surface area contributed by atoms with Crippen molar-refractivity contribution in [1.29, 1.82) is 0 Å². The molecule has 0 saturated heterocycles. The van der Waals surface area contributed by atoms with Gasteiger partial charge in [-0.2, -0.15) is 0 Å². The summed E-state index contributed by atoms with van der Waals surface area (Å²) in [4.78, 5) is 25.8. The van der Waals surface area contributed by atoms with E-state index in [0.29, 0.717) is 32.1 Å². The van der Waals surface area contributed by atoms with Crippen LogP contribution in [0.3, 0.4) is 0 Å². The van der Waals surface area contributed by atoms with Crippen LogP contribution in [-0.2, 0) is 14.3 Å². The lowest BCUT2D eigenvalue weighted by molar-refractivity contribution is -0.243. The summed E-state index contributed by atoms with van der Waals surface area (Å²) >= 11 is 0. The van der Waals surface area contributed by atoms with Gasteiger partial charge in [-0.25, -0.2) is 0 Å². The minimum absolute atomic E-state index is 0.0778. The third-order valence-electron chi connectivity index (χ3n) is 13.6. The van der Waals surface area contributed by atoms with Crippen LogP contribution in [0.25, 0.3) is 0 Å². The fourth-order valence-corrected chi connectivity index (χ4v) is 11.0. The molecule has 0 unspecified atom stereocenters. The summed E-state index contributed by atoms with van der Waals surface area (Å²) in [5.41, 5.74) is -1.76. The Hall–Kier alpha value is -1.44. The number of fused-ring (bicyclic) bond motifs is 7. The summed E-state index contributed by atoms with van der Waals surface area (Å²) in [7, 11) is 1.41. The number of hydrogen-bond acceptors (Lipinski definition) is 6. The number of hydrogen-bond donors (Lipinski definition) is 4. The van der Waals surface area contributed by atoms with Gasteiger partial charge in [-0.3, -0.25) is 9.59 Å². The minimum atomic E-state index is -0.954. The van der Waals surface area contributed by atoms with Crippen LogP contribution in [0.1, 0.15) is 92.4 Å². The van der Waals surface area contributed by atoms with Gasteiger partial charge < -0.3 is 25.2 Å². The molecule has 4 N–H and O–H groups in total. The lowest BCUT2D eigenvalue weighted by atomic mass is 9.33. The summed E-state index contributed by atoms with van der Waals surface area (Å²) in [5, 5.41) is 43.0. The zero-order chi connectivity index (χ0) is 28.1. The summed E-state index contributed by atoms with van der Waals surface area (Å²) in [5.74, 6) is -0.919. The molecule has 38 heavy (non-hydrogen) atoms. The molecule has 7 heteroatoms. The van der Waals surface area contributed by atoms with Crippen molar-refractivity contribution < 1.29 is 34.8 Å². The number of aliphatic hydroxyl groups is 3. The first-order valence-corrected chi connectivity index (χ1v) is 14.6. The van der Waals surface area contributed by atoms with E-state index >= 15 is 0 Å². The number of carboxylic acid groups (broad SMARTS) is 1. The minimum Gasteiger partial charge on any atom is -0.481 e. The Kier molecular flexibility index (Phi) is 6.31. The highest BCUT2D eigenvalue weighted by Gasteiger charge is 2.71. The highest BCUT2D eigenvalue weighted by atomic mass is 16.5. The Morgan fingerprint density at radius 1 is 0.974 bits per heavy atom. The van der Waals surface area contributed by atoms with Gasteiger partial charge in [0.2, 0.25) is 0 Å². The van der Waals surface area contributed by atoms with Gasteiger partial charge in [0.15, 0.2) is 0 Å². The first kappa shape index (κ1) is 28.1. The molecule has 5 aliphatic carbocycles. The number of carbonyl (C=O) groups excluding carboxylic acids is 1. The van der Waals surface area contributed by atoms with Crippen LogP contribution in [0.15, 0.2) is 11.6 Å². The zero-order valence-electron chi connectivity index (χ0n) is 24.0. The van der Waals surface area contributed by atoms with E-state index in [1.807, 2.05) is 13.8 Å². The van der Waals surface area contributed by atoms with E-state index in [1.54, 1.807) is 0 Å². The Morgan fingerprint density at radius 2 is 1.63 bits per heavy atom. The van der Waals surface area contributed by atoms with Gasteiger partial charge in [0, 0.05) is 5.41 Å². The van der Waals surface area contributed by atoms with Gasteiger partial charge in [0.1, 0.15) is 0 Å². The SMILES string of the molecule is COC(=O)[C@@]1(C)CC[C@]2(C(=O)O)CC[C@@]3(C)C(=CC[C@@H]4[C@@]5(C)C[C@@H](O)[C@@H](O)[C@@](C)(CO)[C@@H]5CC[C@]43C)[C@@H]2C1. The van der Waals surface area contributed by atoms with Crippen molar-refractivity contribution in [2.75, 3.05) is 13.7 Å². The predicted octanol–water partition coefficient (Wildman–Crippen LogP) is 4.33. The summed E-state index contributed by atoms with van der Waals surface area (Å²) < 4.78 is 5.18. The third kappa shape index (κ3) is 3.24. The smallest absolute Gasteiger partial charge is 0.311 e. The predicted molar refractivity (Wildman–Crippen MR) is 142 cm³/mol. The largest absolute Gasteiger partial charge is 0.481 e. The monoisotopic (exact) mass is 532 g/mol. The molecule has 5 aliphatic rings. The lowest BCUT2D eigenvalue weighted by Crippen LogP contribution is -2.68. The Labute approximate surface area is 227 Å². The van der Waals surface area contributed by atoms with E-state index in [2.05, 4.69) is 26.8 Å². The normalized spacial score (nSPS) is 53.9. The van der Waals surface area contributed by atoms with Gasteiger partial charge in [-0.05, 0) is 98.7 Å². The van der Waals surface area contributed by atoms with Crippen LogP contribution in [-0.4, -0.2) is 58.3 Å². The van der Waals surface area contributed by atoms with Crippen molar-refractivity contribution in [1.82, 2.24) is 0 Å². The van der Waals surface area contributed by atoms with E-state index in [4.69, 9.17) is 4.74 Å². The van der Waals surface area contributed by atoms with E-state index in [-0.39, 0.29) is 46.6 Å². The zero-order valence-corrected chi connectivity index (χ0v) is 24.0. The maximum atomic E-state index is 12.9. The van der Waals surface area contributed by atoms with Crippen LogP contribution >= 0.6 is 0 Å². The average molecular weight is 533 g/mol. The fourth-order valence-electron chi connectivity index (χ4n) is 11.0. The number of ether oxygens (including phenoxy) is 1. The van der Waals surface area contributed by atoms with Crippen molar-refractivity contribution in [2.24, 2.45) is 50.2 Å². The third-order valence-corrected chi connectivity index (χ3v) is 13.6. The molecule has 0 aromatic rings. The molecule has 0 amide bonds. The average Bonchev–Trinajstić information content (AvgIpc) is 2.87. The number of rotatable bonds is 3. The molecule has 5 rings (SSSR count). The number of carboxylic acids is 1. The number of carbonyl (C=O) groups is 2. The number of esters is 1. The fraction of sp³-hybridized carbons (Fsp3) is 0.871. The van der Waals surface area contributed by atoms with Crippen LogP contribution in [0.5, 0.6) is 0 Å². The number of methoxy groups -OCH3 is 1. The second-order valence-electron chi connectivity index (χ2n) is 14.9. The maximum Gasteiger partial charge on any atom is 0.311 e. The molecule has 0 aromatic carbocycles. The van der Waals surface area contributed by atoms with Gasteiger partial charge >= 0.3 is 11.9 Å². The van der Waals surface area contributed by atoms with Crippen molar-refractivity contribution in [3.63, 3.8) is 0 Å². The highest BCUT2D eigenvalue weighted by molar-refractivity contribution is 5.80. The molecule has 0 bridgehead atoms. The van der Waals surface area contributed by atoms with Gasteiger partial charge in [-0.1, -0.05) is 39.3 Å². The molecule has 4 fully saturated rings. The number of aliphatic carboxylic acids is 1. The van der Waals surface area contributed by atoms with Crippen LogP contribution in [0, 0.1) is 50.2 Å². The molecular weight excluding hydrogens is 484 g/mol. The van der Waals surface area contributed by atoms with Crippen LogP contribution in [0.4, 0.5) is 0 Å². The van der Waals surface area contributed by atoms with Gasteiger partial charge in [-0.15, -0.1) is 0 Å². The lowest BCUT2D eigenvalue weighted by Gasteiger charge is -2.71. The molecular formula is C31H48O7. The quantitative estimate of drug-likeness (QED) is 0.315. The molecule has 4 saturated carbocycles. The van der Waals surface area contributed by atoms with E-state index in [9.17, 15) is 30.0 Å². The Morgan fingerprint density at radius 3 is 2.24 bits per heavy atom. The van der Waals surface area contributed by atoms with Crippen LogP contribution < -0.4 is 0 Å². The Balaban J connectivity index is 1.61. The number of aliphatic hydroxyl groups excluding tert-OH is 3. The van der Waals surface area contributed by atoms with Gasteiger partial charge in [0.05, 0.1) is 36.8 Å². The van der Waals surface area contributed by atoms with Crippen LogP contribution in [0.2, 0.25) is 0 Å². The second kappa shape index (κ2) is 8.53. The molecule has 7 nitrogen and oxygen atoms in total. The van der Waals surface area contributed by atoms with Crippen molar-refractivity contribution in [2.45, 2.75) is 105 Å². The van der Waals surface area contributed by atoms with Crippen molar-refractivity contribution >= 4 is 11.9 Å². The molecule has 0 aromatic heterocycles. The van der Waals surface area contributed by atoms with E-state index in [1.165, 1.54) is 12.7 Å². The van der Waals surface area contributed by atoms with Crippen molar-refractivity contribution in [3.8, 4) is 0 Å². The van der Waals surface area contributed by atoms with Crippen molar-refractivity contribution in [3.05, 3.63) is 11.6 Å². The summed E-state index contributed by atoms with van der Waals surface area (Å²) in [6.07, 6.45) is 6.37. The standard InChI is InChI=1S/C31H48O7/c1-26(25(37)38-6)11-13-31(24(35)36)14-12-29(4)18(19(31)15-26)7-8-22-27(2)16-20(33)23(34)28(3,17-32)21(27)9-10-30(22,29)5/h7,19-23,32-34H,8-17H2,1-6H3,(H,35,36)/t19-,20+,21+,22+,23+,26-,27-,28-,29-,30+,31-/m0/s1. The Bertz CT molecular complexity index is 1050.